The summed E-state index contributed by atoms with van der Waals surface area (Å²) in [6.45, 7) is -0.704. The topological polar surface area (TPSA) is 49.3 Å². The van der Waals surface area contributed by atoms with E-state index in [1.165, 1.54) is 0 Å². The van der Waals surface area contributed by atoms with Gasteiger partial charge in [-0.1, -0.05) is 0 Å². The van der Waals surface area contributed by atoms with Crippen molar-refractivity contribution in [2.45, 2.75) is 12.5 Å². The van der Waals surface area contributed by atoms with Crippen LogP contribution in [0, 0.1) is 5.92 Å². The molecule has 58 valence electrons. The average molecular weight is 147 g/mol. The highest BCUT2D eigenvalue weighted by Crippen LogP contribution is 2.16. The number of carbonyl (C=O) groups is 1. The predicted octanol–water partition coefficient (Wildman–Crippen LogP) is -0.547. The first-order chi connectivity index (χ1) is 4.77. The van der Waals surface area contributed by atoms with Crippen LogP contribution in [0.3, 0.4) is 0 Å². The molecule has 0 aromatic carbocycles. The lowest BCUT2D eigenvalue weighted by Gasteiger charge is -2.11. The molecule has 1 heterocycles. The van der Waals surface area contributed by atoms with Crippen molar-refractivity contribution < 1.29 is 14.3 Å². The molecule has 0 aromatic heterocycles. The van der Waals surface area contributed by atoms with E-state index in [1.54, 1.807) is 0 Å². The van der Waals surface area contributed by atoms with Crippen LogP contribution in [0.4, 0.5) is 4.39 Å². The van der Waals surface area contributed by atoms with E-state index in [0.29, 0.717) is 0 Å². The van der Waals surface area contributed by atoms with Gasteiger partial charge >= 0.3 is 0 Å². The summed E-state index contributed by atoms with van der Waals surface area (Å²) in [7, 11) is 0. The van der Waals surface area contributed by atoms with Crippen LogP contribution in [-0.2, 0) is 4.79 Å². The fourth-order valence-electron chi connectivity index (χ4n) is 1.12. The molecule has 0 aliphatic carbocycles. The fourth-order valence-corrected chi connectivity index (χ4v) is 1.12. The van der Waals surface area contributed by atoms with Crippen LogP contribution < -0.4 is 5.32 Å². The minimum Gasteiger partial charge on any atom is -0.394 e. The third-order valence-corrected chi connectivity index (χ3v) is 1.76. The monoisotopic (exact) mass is 147 g/mol. The molecule has 0 spiro atoms. The SMILES string of the molecule is O=C1C[C@H](CF)[C@@H](CO)N1. The molecule has 0 unspecified atom stereocenters. The lowest BCUT2D eigenvalue weighted by atomic mass is 10.0. The maximum Gasteiger partial charge on any atom is 0.220 e. The van der Waals surface area contributed by atoms with Gasteiger partial charge < -0.3 is 10.4 Å². The Morgan fingerprint density at radius 3 is 2.90 bits per heavy atom. The Balaban J connectivity index is 2.48. The highest BCUT2D eigenvalue weighted by Gasteiger charge is 2.31. The molecule has 2 N–H and O–H groups in total. The molecule has 0 radical (unpaired) electrons. The molecule has 1 fully saturated rings. The van der Waals surface area contributed by atoms with Gasteiger partial charge in [-0.15, -0.1) is 0 Å². The molecular formula is C6H10FNO2. The van der Waals surface area contributed by atoms with Gasteiger partial charge in [-0.25, -0.2) is 0 Å². The second-order valence-electron chi connectivity index (χ2n) is 2.48. The normalized spacial score (nSPS) is 32.4. The minimum atomic E-state index is -0.538. The summed E-state index contributed by atoms with van der Waals surface area (Å²) in [5, 5.41) is 11.1. The smallest absolute Gasteiger partial charge is 0.220 e. The summed E-state index contributed by atoms with van der Waals surface area (Å²) in [4.78, 5) is 10.6. The third kappa shape index (κ3) is 1.26. The van der Waals surface area contributed by atoms with Crippen molar-refractivity contribution in [3.05, 3.63) is 0 Å². The molecule has 2 atom stereocenters. The van der Waals surface area contributed by atoms with Gasteiger partial charge in [0.15, 0.2) is 0 Å². The van der Waals surface area contributed by atoms with Gasteiger partial charge in [-0.05, 0) is 0 Å². The molecule has 1 rings (SSSR count). The Hall–Kier alpha value is -0.640. The minimum absolute atomic E-state index is 0.165. The summed E-state index contributed by atoms with van der Waals surface area (Å²) < 4.78 is 12.0. The van der Waals surface area contributed by atoms with Crippen LogP contribution in [0.5, 0.6) is 0 Å². The van der Waals surface area contributed by atoms with Crippen LogP contribution in [0.15, 0.2) is 0 Å². The first kappa shape index (κ1) is 7.47. The van der Waals surface area contributed by atoms with Crippen molar-refractivity contribution >= 4 is 5.91 Å². The van der Waals surface area contributed by atoms with Gasteiger partial charge in [0.2, 0.25) is 5.91 Å². The van der Waals surface area contributed by atoms with Gasteiger partial charge in [0.1, 0.15) is 0 Å². The number of amides is 1. The van der Waals surface area contributed by atoms with E-state index in [2.05, 4.69) is 5.32 Å². The van der Waals surface area contributed by atoms with Crippen LogP contribution >= 0.6 is 0 Å². The quantitative estimate of drug-likeness (QED) is 0.550. The van der Waals surface area contributed by atoms with Crippen LogP contribution in [-0.4, -0.2) is 30.3 Å². The zero-order valence-electron chi connectivity index (χ0n) is 5.51. The van der Waals surface area contributed by atoms with Crippen molar-refractivity contribution in [1.82, 2.24) is 5.32 Å². The van der Waals surface area contributed by atoms with Crippen LogP contribution in [0.2, 0.25) is 0 Å². The molecular weight excluding hydrogens is 137 g/mol. The first-order valence-corrected chi connectivity index (χ1v) is 3.24. The Morgan fingerprint density at radius 1 is 1.80 bits per heavy atom. The summed E-state index contributed by atoms with van der Waals surface area (Å²) in [5.74, 6) is -0.487. The number of hydrogen-bond donors (Lipinski definition) is 2. The van der Waals surface area contributed by atoms with E-state index >= 15 is 0 Å². The van der Waals surface area contributed by atoms with E-state index in [4.69, 9.17) is 5.11 Å². The molecule has 4 heteroatoms. The molecule has 3 nitrogen and oxygen atoms in total. The second kappa shape index (κ2) is 2.96. The van der Waals surface area contributed by atoms with E-state index in [0.717, 1.165) is 0 Å². The Kier molecular flexibility index (Phi) is 2.21. The number of aliphatic hydroxyl groups is 1. The van der Waals surface area contributed by atoms with Gasteiger partial charge in [-0.3, -0.25) is 9.18 Å². The molecule has 10 heavy (non-hydrogen) atoms. The van der Waals surface area contributed by atoms with E-state index in [1.807, 2.05) is 0 Å². The number of hydrogen-bond acceptors (Lipinski definition) is 2. The number of aliphatic hydroxyl groups excluding tert-OH is 1. The zero-order valence-corrected chi connectivity index (χ0v) is 5.51. The number of halogens is 1. The molecule has 0 aromatic rings. The Bertz CT molecular complexity index is 126. The maximum atomic E-state index is 12.0. The molecule has 1 saturated heterocycles. The van der Waals surface area contributed by atoms with Crippen molar-refractivity contribution in [1.29, 1.82) is 0 Å². The van der Waals surface area contributed by atoms with E-state index in [-0.39, 0.29) is 30.9 Å². The molecule has 1 amide bonds. The number of carbonyl (C=O) groups excluding carboxylic acids is 1. The maximum absolute atomic E-state index is 12.0. The first-order valence-electron chi connectivity index (χ1n) is 3.24. The summed E-state index contributed by atoms with van der Waals surface area (Å²) in [6.07, 6.45) is 0.210. The van der Waals surface area contributed by atoms with Crippen molar-refractivity contribution in [3.63, 3.8) is 0 Å². The summed E-state index contributed by atoms with van der Waals surface area (Å²) >= 11 is 0. The highest BCUT2D eigenvalue weighted by molar-refractivity contribution is 5.79. The number of rotatable bonds is 2. The highest BCUT2D eigenvalue weighted by atomic mass is 19.1. The number of nitrogens with one attached hydrogen (secondary N) is 1. The lowest BCUT2D eigenvalue weighted by molar-refractivity contribution is -0.119. The van der Waals surface area contributed by atoms with E-state index < -0.39 is 6.67 Å². The standard InChI is InChI=1S/C6H10FNO2/c7-2-4-1-6(10)8-5(4)3-9/h4-5,9H,1-3H2,(H,8,10)/t4-,5-/m1/s1. The Labute approximate surface area is 58.2 Å². The van der Waals surface area contributed by atoms with Gasteiger partial charge in [-0.2, -0.15) is 0 Å². The Morgan fingerprint density at radius 2 is 2.50 bits per heavy atom. The molecule has 1 aliphatic heterocycles. The van der Waals surface area contributed by atoms with Crippen LogP contribution in [0.25, 0.3) is 0 Å². The fraction of sp³-hybridized carbons (Fsp3) is 0.833. The molecule has 0 saturated carbocycles. The average Bonchev–Trinajstić information content (AvgIpc) is 2.30. The van der Waals surface area contributed by atoms with Crippen molar-refractivity contribution in [2.24, 2.45) is 5.92 Å². The predicted molar refractivity (Wildman–Crippen MR) is 33.1 cm³/mol. The lowest BCUT2D eigenvalue weighted by Crippen LogP contribution is -2.33. The van der Waals surface area contributed by atoms with Crippen molar-refractivity contribution in [3.8, 4) is 0 Å². The van der Waals surface area contributed by atoms with Crippen molar-refractivity contribution in [2.75, 3.05) is 13.3 Å². The third-order valence-electron chi connectivity index (χ3n) is 1.76. The van der Waals surface area contributed by atoms with E-state index in [9.17, 15) is 9.18 Å². The summed E-state index contributed by atoms with van der Waals surface area (Å²) in [6, 6.07) is -0.363. The molecule has 0 bridgehead atoms. The van der Waals surface area contributed by atoms with Gasteiger partial charge in [0.25, 0.3) is 0 Å². The van der Waals surface area contributed by atoms with Crippen LogP contribution in [0.1, 0.15) is 6.42 Å². The zero-order chi connectivity index (χ0) is 7.56. The second-order valence-corrected chi connectivity index (χ2v) is 2.48. The van der Waals surface area contributed by atoms with Gasteiger partial charge in [0.05, 0.1) is 19.3 Å². The largest absolute Gasteiger partial charge is 0.394 e. The summed E-state index contributed by atoms with van der Waals surface area (Å²) in [5.41, 5.74) is 0. The van der Waals surface area contributed by atoms with Gasteiger partial charge in [0, 0.05) is 12.3 Å². The number of alkyl halides is 1. The molecule has 1 aliphatic rings.